The highest BCUT2D eigenvalue weighted by Crippen LogP contribution is 2.16. The summed E-state index contributed by atoms with van der Waals surface area (Å²) in [6.45, 7) is 15.2. The molecule has 3 heteroatoms. The van der Waals surface area contributed by atoms with Gasteiger partial charge in [-0.2, -0.15) is 0 Å². The fraction of sp³-hybridized carbons (Fsp3) is 1.00. The van der Waals surface area contributed by atoms with Crippen LogP contribution in [0.4, 0.5) is 0 Å². The summed E-state index contributed by atoms with van der Waals surface area (Å²) in [7, 11) is 0. The maximum absolute atomic E-state index is 5.76. The molecule has 1 heterocycles. The van der Waals surface area contributed by atoms with Crippen LogP contribution in [0.15, 0.2) is 0 Å². The zero-order chi connectivity index (χ0) is 12.9. The van der Waals surface area contributed by atoms with E-state index in [0.29, 0.717) is 11.6 Å². The summed E-state index contributed by atoms with van der Waals surface area (Å²) in [5, 5.41) is 0. The van der Waals surface area contributed by atoms with Crippen LogP contribution in [0.2, 0.25) is 0 Å². The van der Waals surface area contributed by atoms with Crippen LogP contribution in [0.5, 0.6) is 0 Å². The van der Waals surface area contributed by atoms with E-state index in [9.17, 15) is 0 Å². The van der Waals surface area contributed by atoms with Gasteiger partial charge in [0.25, 0.3) is 0 Å². The molecule has 0 radical (unpaired) electrons. The summed E-state index contributed by atoms with van der Waals surface area (Å²) in [5.74, 6) is 0. The van der Waals surface area contributed by atoms with Crippen molar-refractivity contribution in [1.29, 1.82) is 0 Å². The second-order valence-corrected chi connectivity index (χ2v) is 6.47. The summed E-state index contributed by atoms with van der Waals surface area (Å²) >= 11 is 0. The van der Waals surface area contributed by atoms with Crippen LogP contribution < -0.4 is 5.73 Å². The highest BCUT2D eigenvalue weighted by Gasteiger charge is 2.25. The van der Waals surface area contributed by atoms with Crippen molar-refractivity contribution in [2.75, 3.05) is 32.7 Å². The molecule has 3 nitrogen and oxygen atoms in total. The highest BCUT2D eigenvalue weighted by atomic mass is 15.3. The Morgan fingerprint density at radius 3 is 2.12 bits per heavy atom. The fourth-order valence-corrected chi connectivity index (χ4v) is 2.44. The molecule has 102 valence electrons. The Morgan fingerprint density at radius 2 is 1.65 bits per heavy atom. The van der Waals surface area contributed by atoms with E-state index in [-0.39, 0.29) is 0 Å². The lowest BCUT2D eigenvalue weighted by Crippen LogP contribution is -2.53. The van der Waals surface area contributed by atoms with Gasteiger partial charge >= 0.3 is 0 Å². The standard InChI is InChI=1S/C14H31N3/c1-13(15)7-5-6-8-16-9-11-17(12-10-16)14(2,3)4/h13H,5-12,15H2,1-4H3. The first-order chi connectivity index (χ1) is 7.89. The van der Waals surface area contributed by atoms with Crippen LogP contribution >= 0.6 is 0 Å². The Hall–Kier alpha value is -0.120. The van der Waals surface area contributed by atoms with Crippen LogP contribution in [0.3, 0.4) is 0 Å². The van der Waals surface area contributed by atoms with Crippen molar-refractivity contribution in [3.05, 3.63) is 0 Å². The van der Waals surface area contributed by atoms with Crippen molar-refractivity contribution in [2.24, 2.45) is 5.73 Å². The van der Waals surface area contributed by atoms with Crippen LogP contribution in [0.1, 0.15) is 47.0 Å². The normalized spacial score (nSPS) is 21.7. The van der Waals surface area contributed by atoms with Crippen molar-refractivity contribution >= 4 is 0 Å². The van der Waals surface area contributed by atoms with Gasteiger partial charge in [-0.3, -0.25) is 4.90 Å². The molecule has 1 rings (SSSR count). The van der Waals surface area contributed by atoms with Gasteiger partial charge in [-0.1, -0.05) is 6.42 Å². The molecule has 0 aliphatic carbocycles. The smallest absolute Gasteiger partial charge is 0.0126 e. The summed E-state index contributed by atoms with van der Waals surface area (Å²) in [4.78, 5) is 5.19. The van der Waals surface area contributed by atoms with Gasteiger partial charge in [0.15, 0.2) is 0 Å². The molecule has 1 aliphatic heterocycles. The minimum absolute atomic E-state index is 0.334. The number of hydrogen-bond donors (Lipinski definition) is 1. The van der Waals surface area contributed by atoms with Gasteiger partial charge in [0, 0.05) is 37.8 Å². The minimum Gasteiger partial charge on any atom is -0.328 e. The average Bonchev–Trinajstić information content (AvgIpc) is 2.23. The lowest BCUT2D eigenvalue weighted by Gasteiger charge is -2.42. The quantitative estimate of drug-likeness (QED) is 0.747. The summed E-state index contributed by atoms with van der Waals surface area (Å²) < 4.78 is 0. The third kappa shape index (κ3) is 5.84. The number of unbranched alkanes of at least 4 members (excludes halogenated alkanes) is 1. The molecule has 2 N–H and O–H groups in total. The lowest BCUT2D eigenvalue weighted by molar-refractivity contribution is 0.0616. The SMILES string of the molecule is CC(N)CCCCN1CCN(C(C)(C)C)CC1. The van der Waals surface area contributed by atoms with Gasteiger partial charge in [0.2, 0.25) is 0 Å². The Balaban J connectivity index is 2.11. The van der Waals surface area contributed by atoms with Gasteiger partial charge in [0.1, 0.15) is 0 Å². The van der Waals surface area contributed by atoms with Crippen molar-refractivity contribution in [2.45, 2.75) is 58.5 Å². The monoisotopic (exact) mass is 241 g/mol. The van der Waals surface area contributed by atoms with E-state index in [1.165, 1.54) is 52.0 Å². The number of piperazine rings is 1. The molecule has 1 saturated heterocycles. The first kappa shape index (κ1) is 14.9. The van der Waals surface area contributed by atoms with Crippen molar-refractivity contribution in [1.82, 2.24) is 9.80 Å². The van der Waals surface area contributed by atoms with Gasteiger partial charge < -0.3 is 10.6 Å². The van der Waals surface area contributed by atoms with Gasteiger partial charge in [0.05, 0.1) is 0 Å². The Bertz CT molecular complexity index is 200. The largest absolute Gasteiger partial charge is 0.328 e. The maximum atomic E-state index is 5.76. The zero-order valence-corrected chi connectivity index (χ0v) is 12.2. The summed E-state index contributed by atoms with van der Waals surface area (Å²) in [5.41, 5.74) is 6.09. The molecular formula is C14H31N3. The average molecular weight is 241 g/mol. The highest BCUT2D eigenvalue weighted by molar-refractivity contribution is 4.81. The Labute approximate surface area is 107 Å². The number of hydrogen-bond acceptors (Lipinski definition) is 3. The van der Waals surface area contributed by atoms with Crippen molar-refractivity contribution in [3.63, 3.8) is 0 Å². The second kappa shape index (κ2) is 6.72. The summed E-state index contributed by atoms with van der Waals surface area (Å²) in [6.07, 6.45) is 3.75. The van der Waals surface area contributed by atoms with Crippen LogP contribution in [-0.4, -0.2) is 54.1 Å². The maximum Gasteiger partial charge on any atom is 0.0126 e. The van der Waals surface area contributed by atoms with E-state index in [1.807, 2.05) is 0 Å². The zero-order valence-electron chi connectivity index (χ0n) is 12.2. The molecule has 0 aromatic rings. The van der Waals surface area contributed by atoms with Crippen LogP contribution in [0.25, 0.3) is 0 Å². The first-order valence-electron chi connectivity index (χ1n) is 7.12. The molecule has 0 aromatic carbocycles. The molecule has 0 spiro atoms. The van der Waals surface area contributed by atoms with Crippen molar-refractivity contribution in [3.8, 4) is 0 Å². The van der Waals surface area contributed by atoms with Crippen LogP contribution in [-0.2, 0) is 0 Å². The van der Waals surface area contributed by atoms with Crippen molar-refractivity contribution < 1.29 is 0 Å². The molecular weight excluding hydrogens is 210 g/mol. The molecule has 1 fully saturated rings. The van der Waals surface area contributed by atoms with Gasteiger partial charge in [-0.15, -0.1) is 0 Å². The van der Waals surface area contributed by atoms with Crippen LogP contribution in [0, 0.1) is 0 Å². The topological polar surface area (TPSA) is 32.5 Å². The second-order valence-electron chi connectivity index (χ2n) is 6.47. The fourth-order valence-electron chi connectivity index (χ4n) is 2.44. The molecule has 17 heavy (non-hydrogen) atoms. The van der Waals surface area contributed by atoms with E-state index < -0.39 is 0 Å². The number of rotatable bonds is 5. The Morgan fingerprint density at radius 1 is 1.06 bits per heavy atom. The lowest BCUT2D eigenvalue weighted by atomic mass is 10.0. The molecule has 1 aliphatic rings. The van der Waals surface area contributed by atoms with E-state index in [0.717, 1.165) is 0 Å². The van der Waals surface area contributed by atoms with E-state index in [4.69, 9.17) is 5.73 Å². The molecule has 1 atom stereocenters. The third-order valence-corrected chi connectivity index (χ3v) is 3.70. The third-order valence-electron chi connectivity index (χ3n) is 3.70. The Kier molecular flexibility index (Phi) is 5.90. The van der Waals surface area contributed by atoms with E-state index in [2.05, 4.69) is 37.5 Å². The first-order valence-corrected chi connectivity index (χ1v) is 7.12. The number of nitrogens with zero attached hydrogens (tertiary/aromatic N) is 2. The molecule has 0 bridgehead atoms. The van der Waals surface area contributed by atoms with Gasteiger partial charge in [-0.25, -0.2) is 0 Å². The number of nitrogens with two attached hydrogens (primary N) is 1. The molecule has 0 saturated carbocycles. The van der Waals surface area contributed by atoms with Gasteiger partial charge in [-0.05, 0) is 47.1 Å². The predicted molar refractivity (Wildman–Crippen MR) is 75.3 cm³/mol. The van der Waals surface area contributed by atoms with E-state index >= 15 is 0 Å². The summed E-state index contributed by atoms with van der Waals surface area (Å²) in [6, 6.07) is 0.368. The molecule has 0 amide bonds. The minimum atomic E-state index is 0.334. The molecule has 0 aromatic heterocycles. The van der Waals surface area contributed by atoms with E-state index in [1.54, 1.807) is 0 Å². The predicted octanol–water partition coefficient (Wildman–Crippen LogP) is 1.92. The molecule has 1 unspecified atom stereocenters.